The van der Waals surface area contributed by atoms with E-state index in [-0.39, 0.29) is 30.4 Å². The van der Waals surface area contributed by atoms with Crippen LogP contribution in [0.15, 0.2) is 36.7 Å². The summed E-state index contributed by atoms with van der Waals surface area (Å²) in [4.78, 5) is 26.6. The highest BCUT2D eigenvalue weighted by molar-refractivity contribution is 5.90. The first kappa shape index (κ1) is 18.2. The van der Waals surface area contributed by atoms with Gasteiger partial charge >= 0.3 is 11.8 Å². The van der Waals surface area contributed by atoms with Gasteiger partial charge in [-0.1, -0.05) is 0 Å². The first-order valence-corrected chi connectivity index (χ1v) is 8.02. The lowest BCUT2D eigenvalue weighted by atomic mass is 10.2. The second kappa shape index (κ2) is 7.36. The van der Waals surface area contributed by atoms with E-state index in [4.69, 9.17) is 4.74 Å². The molecule has 27 heavy (non-hydrogen) atoms. The molecule has 3 rings (SSSR count). The summed E-state index contributed by atoms with van der Waals surface area (Å²) in [7, 11) is 0. The smallest absolute Gasteiger partial charge is 0.342 e. The van der Waals surface area contributed by atoms with Crippen LogP contribution in [0, 0.1) is 29.8 Å². The number of benzene rings is 1. The number of aryl methyl sites for hydroxylation is 1. The fourth-order valence-electron chi connectivity index (χ4n) is 2.64. The molecule has 0 bridgehead atoms. The van der Waals surface area contributed by atoms with Gasteiger partial charge in [0.25, 0.3) is 0 Å². The van der Waals surface area contributed by atoms with Crippen molar-refractivity contribution in [2.24, 2.45) is 0 Å². The number of esters is 1. The predicted molar refractivity (Wildman–Crippen MR) is 92.2 cm³/mol. The van der Waals surface area contributed by atoms with Crippen molar-refractivity contribution in [1.29, 1.82) is 0 Å². The van der Waals surface area contributed by atoms with Crippen LogP contribution in [0.5, 0.6) is 0 Å². The second-order valence-electron chi connectivity index (χ2n) is 5.74. The Hall–Kier alpha value is -3.56. The van der Waals surface area contributed by atoms with Crippen molar-refractivity contribution in [2.45, 2.75) is 20.4 Å². The predicted octanol–water partition coefficient (Wildman–Crippen LogP) is 2.59. The Bertz CT molecular complexity index is 993. The number of nitrogens with zero attached hydrogens (tertiary/aromatic N) is 5. The summed E-state index contributed by atoms with van der Waals surface area (Å²) in [5.74, 6) is -0.671. The van der Waals surface area contributed by atoms with E-state index in [9.17, 15) is 19.3 Å². The van der Waals surface area contributed by atoms with Crippen LogP contribution >= 0.6 is 0 Å². The van der Waals surface area contributed by atoms with Crippen LogP contribution in [-0.2, 0) is 11.3 Å². The summed E-state index contributed by atoms with van der Waals surface area (Å²) in [6, 6.07) is 5.69. The van der Waals surface area contributed by atoms with Crippen LogP contribution in [0.4, 0.5) is 10.2 Å². The Morgan fingerprint density at radius 1 is 1.26 bits per heavy atom. The number of hydrogen-bond donors (Lipinski definition) is 0. The van der Waals surface area contributed by atoms with Crippen LogP contribution in [0.3, 0.4) is 0 Å². The minimum Gasteiger partial charge on any atom is -0.458 e. The molecule has 9 nitrogen and oxygen atoms in total. The van der Waals surface area contributed by atoms with Crippen LogP contribution in [-0.4, -0.2) is 36.8 Å². The van der Waals surface area contributed by atoms with E-state index < -0.39 is 10.9 Å². The highest BCUT2D eigenvalue weighted by Crippen LogP contribution is 2.16. The number of ether oxygens (including phenoxy) is 1. The lowest BCUT2D eigenvalue weighted by Crippen LogP contribution is -2.14. The highest BCUT2D eigenvalue weighted by Gasteiger charge is 2.20. The van der Waals surface area contributed by atoms with E-state index in [2.05, 4.69) is 10.1 Å². The molecule has 0 saturated heterocycles. The molecule has 3 aromatic rings. The number of halogens is 1. The number of imidazole rings is 1. The van der Waals surface area contributed by atoms with Gasteiger partial charge in [-0.25, -0.2) is 23.4 Å². The molecule has 0 aliphatic heterocycles. The van der Waals surface area contributed by atoms with Gasteiger partial charge < -0.3 is 14.9 Å². The van der Waals surface area contributed by atoms with E-state index in [1.54, 1.807) is 26.0 Å². The maximum Gasteiger partial charge on any atom is 0.342 e. The van der Waals surface area contributed by atoms with Crippen molar-refractivity contribution < 1.29 is 18.8 Å². The number of hydrogen-bond acceptors (Lipinski definition) is 6. The van der Waals surface area contributed by atoms with Gasteiger partial charge in [0.1, 0.15) is 30.7 Å². The molecule has 1 aromatic carbocycles. The Kier molecular flexibility index (Phi) is 4.97. The topological polar surface area (TPSA) is 105 Å². The average Bonchev–Trinajstić information content (AvgIpc) is 3.19. The zero-order chi connectivity index (χ0) is 19.6. The third-order valence-electron chi connectivity index (χ3n) is 4.07. The minimum absolute atomic E-state index is 0.0575. The normalized spacial score (nSPS) is 10.8. The van der Waals surface area contributed by atoms with Crippen LogP contribution in [0.1, 0.15) is 21.9 Å². The Morgan fingerprint density at radius 3 is 2.63 bits per heavy atom. The third kappa shape index (κ3) is 3.68. The van der Waals surface area contributed by atoms with Crippen molar-refractivity contribution in [2.75, 3.05) is 6.61 Å². The first-order valence-electron chi connectivity index (χ1n) is 8.02. The van der Waals surface area contributed by atoms with Gasteiger partial charge in [0.15, 0.2) is 5.82 Å². The number of nitro groups is 1. The van der Waals surface area contributed by atoms with E-state index in [1.165, 1.54) is 27.6 Å². The number of aromatic nitrogens is 4. The SMILES string of the molecule is Cc1c(C(=O)OCCn2c([N+](=O)[O-])cnc2C)cnn1-c1ccc(F)cc1. The summed E-state index contributed by atoms with van der Waals surface area (Å²) < 4.78 is 21.1. The molecule has 2 heterocycles. The largest absolute Gasteiger partial charge is 0.458 e. The van der Waals surface area contributed by atoms with Crippen molar-refractivity contribution in [3.63, 3.8) is 0 Å². The molecule has 0 radical (unpaired) electrons. The zero-order valence-corrected chi connectivity index (χ0v) is 14.6. The quantitative estimate of drug-likeness (QED) is 0.374. The lowest BCUT2D eigenvalue weighted by Gasteiger charge is -2.07. The lowest BCUT2D eigenvalue weighted by molar-refractivity contribution is -0.392. The van der Waals surface area contributed by atoms with Gasteiger partial charge in [-0.2, -0.15) is 5.10 Å². The first-order chi connectivity index (χ1) is 12.9. The summed E-state index contributed by atoms with van der Waals surface area (Å²) in [5.41, 5.74) is 1.41. The van der Waals surface area contributed by atoms with Crippen molar-refractivity contribution in [3.8, 4) is 5.69 Å². The molecular weight excluding hydrogens is 357 g/mol. The molecule has 0 saturated carbocycles. The number of carbonyl (C=O) groups excluding carboxylic acids is 1. The fraction of sp³-hybridized carbons (Fsp3) is 0.235. The molecule has 0 amide bonds. The Balaban J connectivity index is 1.68. The summed E-state index contributed by atoms with van der Waals surface area (Å²) >= 11 is 0. The van der Waals surface area contributed by atoms with E-state index in [1.807, 2.05) is 0 Å². The van der Waals surface area contributed by atoms with Crippen LogP contribution in [0.2, 0.25) is 0 Å². The van der Waals surface area contributed by atoms with Crippen molar-refractivity contribution in [1.82, 2.24) is 19.3 Å². The standard InChI is InChI=1S/C17H16FN5O4/c1-11-15(9-20-22(11)14-5-3-13(18)4-6-14)17(24)27-8-7-21-12(2)19-10-16(21)23(25)26/h3-6,9-10H,7-8H2,1-2H3. The van der Waals surface area contributed by atoms with Gasteiger partial charge in [0.05, 0.1) is 17.6 Å². The molecule has 0 atom stereocenters. The third-order valence-corrected chi connectivity index (χ3v) is 4.07. The summed E-state index contributed by atoms with van der Waals surface area (Å²) in [5, 5.41) is 15.1. The fourth-order valence-corrected chi connectivity index (χ4v) is 2.64. The maximum atomic E-state index is 13.0. The van der Waals surface area contributed by atoms with Gasteiger partial charge in [-0.05, 0) is 36.1 Å². The highest BCUT2D eigenvalue weighted by atomic mass is 19.1. The minimum atomic E-state index is -0.596. The molecule has 0 aliphatic rings. The zero-order valence-electron chi connectivity index (χ0n) is 14.6. The summed E-state index contributed by atoms with van der Waals surface area (Å²) in [6.07, 6.45) is 2.53. The van der Waals surface area contributed by atoms with Crippen molar-refractivity contribution >= 4 is 11.8 Å². The van der Waals surface area contributed by atoms with Crippen molar-refractivity contribution in [3.05, 3.63) is 69.7 Å². The molecule has 10 heteroatoms. The van der Waals surface area contributed by atoms with Gasteiger partial charge in [0.2, 0.25) is 0 Å². The van der Waals surface area contributed by atoms with Crippen LogP contribution in [0.25, 0.3) is 5.69 Å². The summed E-state index contributed by atoms with van der Waals surface area (Å²) in [6.45, 7) is 3.38. The molecular formula is C17H16FN5O4. The van der Waals surface area contributed by atoms with Gasteiger partial charge in [-0.15, -0.1) is 0 Å². The Morgan fingerprint density at radius 2 is 1.96 bits per heavy atom. The average molecular weight is 373 g/mol. The monoisotopic (exact) mass is 373 g/mol. The molecule has 140 valence electrons. The second-order valence-corrected chi connectivity index (χ2v) is 5.74. The molecule has 2 aromatic heterocycles. The van der Waals surface area contributed by atoms with E-state index >= 15 is 0 Å². The Labute approximate surface area is 153 Å². The number of rotatable bonds is 6. The molecule has 0 N–H and O–H groups in total. The van der Waals surface area contributed by atoms with Gasteiger partial charge in [0, 0.05) is 6.92 Å². The van der Waals surface area contributed by atoms with Gasteiger partial charge in [-0.3, -0.25) is 0 Å². The van der Waals surface area contributed by atoms with E-state index in [0.717, 1.165) is 6.20 Å². The molecule has 0 unspecified atom stereocenters. The van der Waals surface area contributed by atoms with E-state index in [0.29, 0.717) is 17.2 Å². The molecule has 0 spiro atoms. The van der Waals surface area contributed by atoms with Crippen LogP contribution < -0.4 is 0 Å². The maximum absolute atomic E-state index is 13.0. The number of carbonyl (C=O) groups is 1. The molecule has 0 fully saturated rings. The molecule has 0 aliphatic carbocycles.